The number of fused-ring (bicyclic) bond motifs is 1. The maximum atomic E-state index is 11.5. The number of rotatable bonds is 2. The molecule has 0 aromatic heterocycles. The highest BCUT2D eigenvalue weighted by atomic mass is 16.6. The van der Waals surface area contributed by atoms with Gasteiger partial charge in [-0.2, -0.15) is 0 Å². The van der Waals surface area contributed by atoms with E-state index in [9.17, 15) is 14.9 Å². The first-order valence-corrected chi connectivity index (χ1v) is 7.07. The van der Waals surface area contributed by atoms with Crippen molar-refractivity contribution in [2.75, 3.05) is 23.3 Å². The summed E-state index contributed by atoms with van der Waals surface area (Å²) in [6.07, 6.45) is 0.212. The van der Waals surface area contributed by atoms with Crippen LogP contribution in [0.4, 0.5) is 17.1 Å². The van der Waals surface area contributed by atoms with Gasteiger partial charge >= 0.3 is 0 Å². The van der Waals surface area contributed by atoms with E-state index in [1.807, 2.05) is 11.8 Å². The van der Waals surface area contributed by atoms with Gasteiger partial charge in [0.2, 0.25) is 5.91 Å². The zero-order valence-electron chi connectivity index (χ0n) is 12.0. The van der Waals surface area contributed by atoms with E-state index in [-0.39, 0.29) is 35.0 Å². The van der Waals surface area contributed by atoms with Crippen molar-refractivity contribution in [3.63, 3.8) is 0 Å². The lowest BCUT2D eigenvalue weighted by Gasteiger charge is -2.39. The van der Waals surface area contributed by atoms with Crippen LogP contribution in [-0.2, 0) is 11.2 Å². The fraction of sp³-hybridized carbons (Fsp3) is 0.500. The predicted molar refractivity (Wildman–Crippen MR) is 79.7 cm³/mol. The van der Waals surface area contributed by atoms with Crippen molar-refractivity contribution in [2.24, 2.45) is 0 Å². The summed E-state index contributed by atoms with van der Waals surface area (Å²) in [5.74, 6) is -0.113. The van der Waals surface area contributed by atoms with E-state index in [0.717, 1.165) is 6.54 Å². The number of nitro benzene ring substituents is 1. The van der Waals surface area contributed by atoms with Crippen LogP contribution in [0.25, 0.3) is 0 Å². The van der Waals surface area contributed by atoms with Crippen LogP contribution in [0.1, 0.15) is 19.4 Å². The number of anilines is 2. The maximum Gasteiger partial charge on any atom is 0.292 e. The van der Waals surface area contributed by atoms with E-state index in [2.05, 4.69) is 17.6 Å². The molecule has 7 heteroatoms. The number of hydrogen-bond donors (Lipinski definition) is 2. The molecule has 112 valence electrons. The topological polar surface area (TPSA) is 87.5 Å². The quantitative estimate of drug-likeness (QED) is 0.633. The number of benzene rings is 1. The summed E-state index contributed by atoms with van der Waals surface area (Å²) in [6, 6.07) is 3.70. The molecule has 1 fully saturated rings. The van der Waals surface area contributed by atoms with Crippen LogP contribution in [0.15, 0.2) is 12.1 Å². The Balaban J connectivity index is 2.06. The normalized spacial score (nSPS) is 24.7. The van der Waals surface area contributed by atoms with E-state index < -0.39 is 0 Å². The molecule has 0 radical (unpaired) electrons. The van der Waals surface area contributed by atoms with Crippen LogP contribution in [0.3, 0.4) is 0 Å². The van der Waals surface area contributed by atoms with Crippen molar-refractivity contribution in [3.05, 3.63) is 27.8 Å². The SMILES string of the molecule is CC1CN(c2cc3c(cc2[N+](=O)[O-])CC(=O)N3)C(C)CN1. The van der Waals surface area contributed by atoms with Gasteiger partial charge in [-0.1, -0.05) is 0 Å². The monoisotopic (exact) mass is 290 g/mol. The molecular formula is C14H18N4O3. The van der Waals surface area contributed by atoms with Gasteiger partial charge in [0, 0.05) is 36.9 Å². The molecule has 2 N–H and O–H groups in total. The number of carbonyl (C=O) groups is 1. The van der Waals surface area contributed by atoms with E-state index in [0.29, 0.717) is 23.5 Å². The molecule has 0 bridgehead atoms. The second-order valence-electron chi connectivity index (χ2n) is 5.79. The Labute approximate surface area is 122 Å². The average Bonchev–Trinajstić information content (AvgIpc) is 2.79. The number of piperazine rings is 1. The molecule has 2 unspecified atom stereocenters. The minimum Gasteiger partial charge on any atom is -0.360 e. The molecule has 2 heterocycles. The zero-order chi connectivity index (χ0) is 15.1. The third-order valence-electron chi connectivity index (χ3n) is 4.10. The van der Waals surface area contributed by atoms with Crippen molar-refractivity contribution < 1.29 is 9.72 Å². The van der Waals surface area contributed by atoms with Gasteiger partial charge in [-0.15, -0.1) is 0 Å². The van der Waals surface area contributed by atoms with E-state index >= 15 is 0 Å². The lowest BCUT2D eigenvalue weighted by molar-refractivity contribution is -0.384. The highest BCUT2D eigenvalue weighted by Gasteiger charge is 2.31. The van der Waals surface area contributed by atoms with Gasteiger partial charge < -0.3 is 15.5 Å². The standard InChI is InChI=1S/C14H18N4O3/c1-8-7-17(9(2)6-15-8)12-5-11-10(4-14(19)16-11)3-13(12)18(20)21/h3,5,8-9,15H,4,6-7H2,1-2H3,(H,16,19). The number of amides is 1. The van der Waals surface area contributed by atoms with Gasteiger partial charge in [0.05, 0.1) is 11.3 Å². The summed E-state index contributed by atoms with van der Waals surface area (Å²) in [6.45, 7) is 5.57. The zero-order valence-corrected chi connectivity index (χ0v) is 12.0. The van der Waals surface area contributed by atoms with Crippen LogP contribution in [-0.4, -0.2) is 36.0 Å². The first kappa shape index (κ1) is 13.8. The summed E-state index contributed by atoms with van der Waals surface area (Å²) < 4.78 is 0. The van der Waals surface area contributed by atoms with Crippen LogP contribution >= 0.6 is 0 Å². The molecule has 0 saturated carbocycles. The Morgan fingerprint density at radius 2 is 2.14 bits per heavy atom. The van der Waals surface area contributed by atoms with Gasteiger partial charge in [-0.05, 0) is 25.5 Å². The molecule has 21 heavy (non-hydrogen) atoms. The van der Waals surface area contributed by atoms with Crippen LogP contribution in [0.2, 0.25) is 0 Å². The molecular weight excluding hydrogens is 272 g/mol. The van der Waals surface area contributed by atoms with Gasteiger partial charge in [0.15, 0.2) is 0 Å². The van der Waals surface area contributed by atoms with Crippen molar-refractivity contribution in [1.82, 2.24) is 5.32 Å². The summed E-state index contributed by atoms with van der Waals surface area (Å²) in [4.78, 5) is 24.6. The van der Waals surface area contributed by atoms with Crippen molar-refractivity contribution in [2.45, 2.75) is 32.4 Å². The largest absolute Gasteiger partial charge is 0.360 e. The van der Waals surface area contributed by atoms with Crippen LogP contribution in [0, 0.1) is 10.1 Å². The number of nitrogens with one attached hydrogen (secondary N) is 2. The number of nitrogens with zero attached hydrogens (tertiary/aromatic N) is 2. The Kier molecular flexibility index (Phi) is 3.29. The first-order chi connectivity index (χ1) is 9.95. The Bertz CT molecular complexity index is 616. The van der Waals surface area contributed by atoms with Crippen molar-refractivity contribution >= 4 is 23.0 Å². The van der Waals surface area contributed by atoms with Crippen LogP contribution in [0.5, 0.6) is 0 Å². The van der Waals surface area contributed by atoms with E-state index in [1.165, 1.54) is 6.07 Å². The fourth-order valence-electron chi connectivity index (χ4n) is 2.98. The Morgan fingerprint density at radius 3 is 2.86 bits per heavy atom. The average molecular weight is 290 g/mol. The fourth-order valence-corrected chi connectivity index (χ4v) is 2.98. The third-order valence-corrected chi connectivity index (χ3v) is 4.10. The molecule has 1 amide bonds. The highest BCUT2D eigenvalue weighted by Crippen LogP contribution is 2.38. The molecule has 2 atom stereocenters. The Hall–Kier alpha value is -2.15. The van der Waals surface area contributed by atoms with Gasteiger partial charge in [-0.25, -0.2) is 0 Å². The maximum absolute atomic E-state index is 11.5. The summed E-state index contributed by atoms with van der Waals surface area (Å²) >= 11 is 0. The summed E-state index contributed by atoms with van der Waals surface area (Å²) in [5.41, 5.74) is 2.05. The molecule has 2 aliphatic rings. The van der Waals surface area contributed by atoms with Gasteiger partial charge in [-0.3, -0.25) is 14.9 Å². The smallest absolute Gasteiger partial charge is 0.292 e. The lowest BCUT2D eigenvalue weighted by Crippen LogP contribution is -2.54. The first-order valence-electron chi connectivity index (χ1n) is 7.07. The molecule has 1 saturated heterocycles. The van der Waals surface area contributed by atoms with Crippen LogP contribution < -0.4 is 15.5 Å². The van der Waals surface area contributed by atoms with Gasteiger partial charge in [0.1, 0.15) is 5.69 Å². The highest BCUT2D eigenvalue weighted by molar-refractivity contribution is 6.00. The molecule has 2 aliphatic heterocycles. The predicted octanol–water partition coefficient (Wildman–Crippen LogP) is 1.28. The van der Waals surface area contributed by atoms with E-state index in [1.54, 1.807) is 6.07 Å². The molecule has 7 nitrogen and oxygen atoms in total. The molecule has 1 aromatic rings. The van der Waals surface area contributed by atoms with Crippen molar-refractivity contribution in [3.8, 4) is 0 Å². The summed E-state index contributed by atoms with van der Waals surface area (Å²) in [7, 11) is 0. The van der Waals surface area contributed by atoms with E-state index in [4.69, 9.17) is 0 Å². The third kappa shape index (κ3) is 2.44. The number of hydrogen-bond acceptors (Lipinski definition) is 5. The minimum atomic E-state index is -0.363. The van der Waals surface area contributed by atoms with Crippen molar-refractivity contribution in [1.29, 1.82) is 0 Å². The number of carbonyl (C=O) groups excluding carboxylic acids is 1. The molecule has 3 rings (SSSR count). The van der Waals surface area contributed by atoms with Gasteiger partial charge in [0.25, 0.3) is 5.69 Å². The molecule has 0 aliphatic carbocycles. The molecule has 0 spiro atoms. The summed E-state index contributed by atoms with van der Waals surface area (Å²) in [5, 5.41) is 17.5. The molecule has 1 aromatic carbocycles. The minimum absolute atomic E-state index is 0.0752. The second-order valence-corrected chi connectivity index (χ2v) is 5.79. The lowest BCUT2D eigenvalue weighted by atomic mass is 10.1. The number of nitro groups is 1. The Morgan fingerprint density at radius 1 is 1.38 bits per heavy atom. The second kappa shape index (κ2) is 5.00.